The Balaban J connectivity index is 1.63. The molecule has 4 nitrogen and oxygen atoms in total. The SMILES string of the molecule is O=C(CC1(C(=O)O)CCCC1)N1CC2CCCC2C1. The molecule has 2 saturated carbocycles. The van der Waals surface area contributed by atoms with Crippen molar-refractivity contribution in [2.45, 2.75) is 51.4 Å². The smallest absolute Gasteiger partial charge is 0.310 e. The number of nitrogens with zero attached hydrogens (tertiary/aromatic N) is 1. The van der Waals surface area contributed by atoms with Crippen LogP contribution in [-0.2, 0) is 9.59 Å². The van der Waals surface area contributed by atoms with E-state index in [1.807, 2.05) is 4.90 Å². The van der Waals surface area contributed by atoms with Crippen LogP contribution in [0.4, 0.5) is 0 Å². The summed E-state index contributed by atoms with van der Waals surface area (Å²) in [7, 11) is 0. The van der Waals surface area contributed by atoms with E-state index in [4.69, 9.17) is 0 Å². The van der Waals surface area contributed by atoms with Crippen molar-refractivity contribution in [3.8, 4) is 0 Å². The second kappa shape index (κ2) is 4.80. The van der Waals surface area contributed by atoms with E-state index in [-0.39, 0.29) is 12.3 Å². The number of likely N-dealkylation sites (tertiary alicyclic amines) is 1. The van der Waals surface area contributed by atoms with E-state index < -0.39 is 11.4 Å². The highest BCUT2D eigenvalue weighted by Gasteiger charge is 2.45. The summed E-state index contributed by atoms with van der Waals surface area (Å²) in [5, 5.41) is 9.45. The quantitative estimate of drug-likeness (QED) is 0.851. The van der Waals surface area contributed by atoms with Crippen LogP contribution in [0.3, 0.4) is 0 Å². The minimum Gasteiger partial charge on any atom is -0.481 e. The fourth-order valence-electron chi connectivity index (χ4n) is 4.36. The van der Waals surface area contributed by atoms with Crippen LogP contribution in [-0.4, -0.2) is 35.0 Å². The summed E-state index contributed by atoms with van der Waals surface area (Å²) < 4.78 is 0. The summed E-state index contributed by atoms with van der Waals surface area (Å²) in [4.78, 5) is 25.8. The highest BCUT2D eigenvalue weighted by Crippen LogP contribution is 2.43. The second-order valence-corrected chi connectivity index (χ2v) is 6.72. The third-order valence-electron chi connectivity index (χ3n) is 5.58. The van der Waals surface area contributed by atoms with Crippen LogP contribution in [0.1, 0.15) is 51.4 Å². The molecule has 3 fully saturated rings. The van der Waals surface area contributed by atoms with Gasteiger partial charge < -0.3 is 10.0 Å². The first-order valence-electron chi connectivity index (χ1n) is 7.62. The predicted molar refractivity (Wildman–Crippen MR) is 70.6 cm³/mol. The van der Waals surface area contributed by atoms with Crippen LogP contribution in [0.5, 0.6) is 0 Å². The average Bonchev–Trinajstić information content (AvgIpc) is 3.02. The summed E-state index contributed by atoms with van der Waals surface area (Å²) in [6.45, 7) is 1.75. The van der Waals surface area contributed by atoms with Gasteiger partial charge in [0.1, 0.15) is 0 Å². The summed E-state index contributed by atoms with van der Waals surface area (Å²) in [5.41, 5.74) is -0.755. The summed E-state index contributed by atoms with van der Waals surface area (Å²) in [6, 6.07) is 0. The maximum absolute atomic E-state index is 12.4. The van der Waals surface area contributed by atoms with E-state index in [1.165, 1.54) is 19.3 Å². The number of fused-ring (bicyclic) bond motifs is 1. The average molecular weight is 265 g/mol. The van der Waals surface area contributed by atoms with Crippen molar-refractivity contribution in [1.29, 1.82) is 0 Å². The highest BCUT2D eigenvalue weighted by atomic mass is 16.4. The van der Waals surface area contributed by atoms with E-state index in [2.05, 4.69) is 0 Å². The van der Waals surface area contributed by atoms with Crippen molar-refractivity contribution in [2.75, 3.05) is 13.1 Å². The number of hydrogen-bond acceptors (Lipinski definition) is 2. The van der Waals surface area contributed by atoms with Gasteiger partial charge in [0.25, 0.3) is 0 Å². The first kappa shape index (κ1) is 12.9. The molecule has 0 aromatic heterocycles. The lowest BCUT2D eigenvalue weighted by Gasteiger charge is -2.26. The van der Waals surface area contributed by atoms with Crippen molar-refractivity contribution < 1.29 is 14.7 Å². The first-order valence-corrected chi connectivity index (χ1v) is 7.62. The molecule has 0 aromatic carbocycles. The summed E-state index contributed by atoms with van der Waals surface area (Å²) in [6.07, 6.45) is 7.27. The number of rotatable bonds is 3. The van der Waals surface area contributed by atoms with Crippen molar-refractivity contribution in [3.05, 3.63) is 0 Å². The molecular weight excluding hydrogens is 242 g/mol. The monoisotopic (exact) mass is 265 g/mol. The lowest BCUT2D eigenvalue weighted by molar-refractivity contribution is -0.153. The number of amides is 1. The predicted octanol–water partition coefficient (Wildman–Crippen LogP) is 2.28. The number of carbonyl (C=O) groups is 2. The Bertz CT molecular complexity index is 375. The molecule has 3 rings (SSSR count). The molecule has 0 bridgehead atoms. The lowest BCUT2D eigenvalue weighted by atomic mass is 9.82. The van der Waals surface area contributed by atoms with Crippen LogP contribution in [0, 0.1) is 17.3 Å². The van der Waals surface area contributed by atoms with Gasteiger partial charge >= 0.3 is 5.97 Å². The Morgan fingerprint density at radius 3 is 2.16 bits per heavy atom. The van der Waals surface area contributed by atoms with E-state index in [9.17, 15) is 14.7 Å². The molecule has 1 aliphatic heterocycles. The Morgan fingerprint density at radius 1 is 1.05 bits per heavy atom. The lowest BCUT2D eigenvalue weighted by Crippen LogP contribution is -2.37. The molecule has 0 aromatic rings. The molecule has 2 unspecified atom stereocenters. The Kier molecular flexibility index (Phi) is 3.27. The summed E-state index contributed by atoms with van der Waals surface area (Å²) in [5.74, 6) is 0.693. The molecule has 1 saturated heterocycles. The maximum atomic E-state index is 12.4. The van der Waals surface area contributed by atoms with E-state index >= 15 is 0 Å². The van der Waals surface area contributed by atoms with Crippen molar-refractivity contribution in [2.24, 2.45) is 17.3 Å². The zero-order chi connectivity index (χ0) is 13.5. The van der Waals surface area contributed by atoms with Crippen molar-refractivity contribution >= 4 is 11.9 Å². The molecule has 4 heteroatoms. The van der Waals surface area contributed by atoms with Gasteiger partial charge in [0.15, 0.2) is 0 Å². The van der Waals surface area contributed by atoms with Gasteiger partial charge in [-0.2, -0.15) is 0 Å². The zero-order valence-corrected chi connectivity index (χ0v) is 11.4. The van der Waals surface area contributed by atoms with Crippen molar-refractivity contribution in [1.82, 2.24) is 4.90 Å². The number of hydrogen-bond donors (Lipinski definition) is 1. The van der Waals surface area contributed by atoms with Gasteiger partial charge in [-0.25, -0.2) is 0 Å². The normalized spacial score (nSPS) is 32.5. The fraction of sp³-hybridized carbons (Fsp3) is 0.867. The van der Waals surface area contributed by atoms with E-state index in [0.29, 0.717) is 24.7 Å². The number of aliphatic carboxylic acids is 1. The second-order valence-electron chi connectivity index (χ2n) is 6.72. The minimum absolute atomic E-state index is 0.0821. The molecule has 19 heavy (non-hydrogen) atoms. The van der Waals surface area contributed by atoms with E-state index in [1.54, 1.807) is 0 Å². The largest absolute Gasteiger partial charge is 0.481 e. The van der Waals surface area contributed by atoms with Crippen LogP contribution in [0.15, 0.2) is 0 Å². The molecule has 0 radical (unpaired) electrons. The van der Waals surface area contributed by atoms with Crippen LogP contribution in [0.2, 0.25) is 0 Å². The number of carboxylic acids is 1. The molecule has 1 amide bonds. The Hall–Kier alpha value is -1.06. The van der Waals surface area contributed by atoms with Crippen LogP contribution >= 0.6 is 0 Å². The Labute approximate surface area is 114 Å². The topological polar surface area (TPSA) is 57.6 Å². The van der Waals surface area contributed by atoms with Crippen LogP contribution in [0.25, 0.3) is 0 Å². The standard InChI is InChI=1S/C15H23NO3/c17-13(8-15(14(18)19)6-1-2-7-15)16-9-11-4-3-5-12(11)10-16/h11-12H,1-10H2,(H,18,19). The van der Waals surface area contributed by atoms with Crippen LogP contribution < -0.4 is 0 Å². The third-order valence-corrected chi connectivity index (χ3v) is 5.58. The molecule has 2 atom stereocenters. The van der Waals surface area contributed by atoms with Gasteiger partial charge in [-0.3, -0.25) is 9.59 Å². The molecule has 1 heterocycles. The van der Waals surface area contributed by atoms with Gasteiger partial charge in [-0.1, -0.05) is 19.3 Å². The van der Waals surface area contributed by atoms with Gasteiger partial charge in [0, 0.05) is 19.5 Å². The fourth-order valence-corrected chi connectivity index (χ4v) is 4.36. The molecular formula is C15H23NO3. The number of carboxylic acid groups (broad SMARTS) is 1. The minimum atomic E-state index is -0.766. The highest BCUT2D eigenvalue weighted by molar-refractivity contribution is 5.85. The number of carbonyl (C=O) groups excluding carboxylic acids is 1. The molecule has 2 aliphatic carbocycles. The van der Waals surface area contributed by atoms with Gasteiger partial charge in [-0.15, -0.1) is 0 Å². The molecule has 106 valence electrons. The van der Waals surface area contributed by atoms with Gasteiger partial charge in [0.2, 0.25) is 5.91 Å². The van der Waals surface area contributed by atoms with E-state index in [0.717, 1.165) is 25.9 Å². The maximum Gasteiger partial charge on any atom is 0.310 e. The van der Waals surface area contributed by atoms with Gasteiger partial charge in [-0.05, 0) is 37.5 Å². The zero-order valence-electron chi connectivity index (χ0n) is 11.4. The van der Waals surface area contributed by atoms with Crippen molar-refractivity contribution in [3.63, 3.8) is 0 Å². The molecule has 0 spiro atoms. The Morgan fingerprint density at radius 2 is 1.63 bits per heavy atom. The first-order chi connectivity index (χ1) is 9.11. The molecule has 1 N–H and O–H groups in total. The summed E-state index contributed by atoms with van der Waals surface area (Å²) >= 11 is 0. The third kappa shape index (κ3) is 2.26. The van der Waals surface area contributed by atoms with Gasteiger partial charge in [0.05, 0.1) is 5.41 Å². The molecule has 3 aliphatic rings.